The lowest BCUT2D eigenvalue weighted by Crippen LogP contribution is -2.15. The summed E-state index contributed by atoms with van der Waals surface area (Å²) in [6, 6.07) is 4.56. The second-order valence-corrected chi connectivity index (χ2v) is 4.67. The summed E-state index contributed by atoms with van der Waals surface area (Å²) in [6.07, 6.45) is 1.54. The highest BCUT2D eigenvalue weighted by atomic mass is 32.1. The number of hydrogen-bond acceptors (Lipinski definition) is 4. The lowest BCUT2D eigenvalue weighted by atomic mass is 10.4. The third kappa shape index (κ3) is 2.74. The van der Waals surface area contributed by atoms with E-state index in [1.165, 1.54) is 12.1 Å². The van der Waals surface area contributed by atoms with E-state index in [1.54, 1.807) is 17.6 Å². The summed E-state index contributed by atoms with van der Waals surface area (Å²) in [7, 11) is 0. The number of carbonyl (C=O) groups excluding carboxylic acids is 1. The highest BCUT2D eigenvalue weighted by molar-refractivity contribution is 7.12. The van der Waals surface area contributed by atoms with Crippen molar-refractivity contribution in [2.45, 2.75) is 0 Å². The number of thiophene rings is 2. The third-order valence-electron chi connectivity index (χ3n) is 1.72. The third-order valence-corrected chi connectivity index (χ3v) is 3.29. The van der Waals surface area contributed by atoms with Gasteiger partial charge in [0.1, 0.15) is 0 Å². The van der Waals surface area contributed by atoms with Crippen molar-refractivity contribution in [2.24, 2.45) is 5.10 Å². The molecule has 0 spiro atoms. The minimum absolute atomic E-state index is 0.306. The first kappa shape index (κ1) is 11.0. The van der Waals surface area contributed by atoms with Crippen molar-refractivity contribution in [1.29, 1.82) is 0 Å². The van der Waals surface area contributed by atoms with Gasteiger partial charge in [0.05, 0.1) is 11.1 Å². The zero-order valence-corrected chi connectivity index (χ0v) is 9.65. The Kier molecular flexibility index (Phi) is 3.43. The number of nitrogens with zero attached hydrogens (tertiary/aromatic N) is 1. The summed E-state index contributed by atoms with van der Waals surface area (Å²) >= 11 is 2.34. The fourth-order valence-corrected chi connectivity index (χ4v) is 2.24. The monoisotopic (exact) mass is 254 g/mol. The van der Waals surface area contributed by atoms with Crippen LogP contribution in [0.25, 0.3) is 0 Å². The van der Waals surface area contributed by atoms with Gasteiger partial charge in [-0.3, -0.25) is 4.79 Å². The number of nitrogens with one attached hydrogen (secondary N) is 1. The second kappa shape index (κ2) is 5.00. The molecule has 0 saturated heterocycles. The van der Waals surface area contributed by atoms with Gasteiger partial charge in [0.15, 0.2) is 5.13 Å². The molecule has 0 aliphatic carbocycles. The van der Waals surface area contributed by atoms with Crippen molar-refractivity contribution in [3.8, 4) is 0 Å². The Bertz CT molecular complexity index is 505. The van der Waals surface area contributed by atoms with E-state index < -0.39 is 5.91 Å². The normalized spacial score (nSPS) is 10.8. The molecule has 0 fully saturated rings. The number of hydrogen-bond donors (Lipinski definition) is 1. The minimum Gasteiger partial charge on any atom is -0.266 e. The molecule has 1 amide bonds. The molecule has 0 aromatic carbocycles. The van der Waals surface area contributed by atoms with E-state index in [2.05, 4.69) is 10.5 Å². The average Bonchev–Trinajstić information content (AvgIpc) is 2.89. The molecular formula is C10H7FN2OS2. The molecule has 2 rings (SSSR count). The van der Waals surface area contributed by atoms with Crippen molar-refractivity contribution in [3.05, 3.63) is 44.5 Å². The lowest BCUT2D eigenvalue weighted by Gasteiger charge is -1.93. The van der Waals surface area contributed by atoms with E-state index in [0.717, 1.165) is 16.9 Å². The Hall–Kier alpha value is -1.53. The maximum Gasteiger partial charge on any atom is 0.281 e. The number of halogens is 1. The number of amides is 1. The maximum absolute atomic E-state index is 12.6. The quantitative estimate of drug-likeness (QED) is 0.664. The fourth-order valence-electron chi connectivity index (χ4n) is 1.01. The maximum atomic E-state index is 12.6. The van der Waals surface area contributed by atoms with Gasteiger partial charge in [0.25, 0.3) is 5.91 Å². The molecule has 0 bridgehead atoms. The van der Waals surface area contributed by atoms with Crippen molar-refractivity contribution in [3.63, 3.8) is 0 Å². The van der Waals surface area contributed by atoms with Crippen LogP contribution in [0.5, 0.6) is 0 Å². The second-order valence-electron chi connectivity index (χ2n) is 2.86. The van der Waals surface area contributed by atoms with Gasteiger partial charge in [0, 0.05) is 5.56 Å². The van der Waals surface area contributed by atoms with Gasteiger partial charge in [0.2, 0.25) is 0 Å². The Morgan fingerprint density at radius 2 is 2.31 bits per heavy atom. The molecule has 6 heteroatoms. The van der Waals surface area contributed by atoms with Crippen LogP contribution in [0.1, 0.15) is 15.2 Å². The van der Waals surface area contributed by atoms with Crippen LogP contribution in [0, 0.1) is 5.13 Å². The van der Waals surface area contributed by atoms with Crippen molar-refractivity contribution in [1.82, 2.24) is 5.43 Å². The first-order chi connectivity index (χ1) is 7.75. The van der Waals surface area contributed by atoms with E-state index in [0.29, 0.717) is 4.88 Å². The van der Waals surface area contributed by atoms with Gasteiger partial charge >= 0.3 is 0 Å². The number of rotatable bonds is 3. The van der Waals surface area contributed by atoms with Crippen molar-refractivity contribution in [2.75, 3.05) is 0 Å². The fraction of sp³-hybridized carbons (Fsp3) is 0. The van der Waals surface area contributed by atoms with E-state index >= 15 is 0 Å². The van der Waals surface area contributed by atoms with Gasteiger partial charge in [-0.15, -0.1) is 11.3 Å². The van der Waals surface area contributed by atoms with E-state index in [1.807, 2.05) is 16.8 Å². The summed E-state index contributed by atoms with van der Waals surface area (Å²) in [4.78, 5) is 11.7. The molecule has 16 heavy (non-hydrogen) atoms. The summed E-state index contributed by atoms with van der Waals surface area (Å²) in [5.41, 5.74) is 3.25. The van der Waals surface area contributed by atoms with Crippen LogP contribution >= 0.6 is 22.7 Å². The lowest BCUT2D eigenvalue weighted by molar-refractivity contribution is 0.0959. The van der Waals surface area contributed by atoms with Gasteiger partial charge in [-0.05, 0) is 29.0 Å². The van der Waals surface area contributed by atoms with Crippen LogP contribution in [-0.4, -0.2) is 12.1 Å². The van der Waals surface area contributed by atoms with Gasteiger partial charge in [-0.2, -0.15) is 20.8 Å². The Balaban J connectivity index is 1.94. The topological polar surface area (TPSA) is 41.5 Å². The zero-order chi connectivity index (χ0) is 11.4. The standard InChI is InChI=1S/C10H7FN2OS2/c11-9-2-1-8(16-9)10(14)13-12-5-7-3-4-15-6-7/h1-6H,(H,13,14). The summed E-state index contributed by atoms with van der Waals surface area (Å²) < 4.78 is 12.6. The predicted octanol–water partition coefficient (Wildman–Crippen LogP) is 2.71. The molecule has 0 atom stereocenters. The Morgan fingerprint density at radius 1 is 1.44 bits per heavy atom. The van der Waals surface area contributed by atoms with Crippen molar-refractivity contribution >= 4 is 34.8 Å². The summed E-state index contributed by atoms with van der Waals surface area (Å²) in [6.45, 7) is 0. The molecule has 0 aliphatic heterocycles. The molecule has 2 aromatic heterocycles. The van der Waals surface area contributed by atoms with Crippen LogP contribution in [0.2, 0.25) is 0 Å². The number of hydrazone groups is 1. The van der Waals surface area contributed by atoms with Crippen LogP contribution in [0.15, 0.2) is 34.1 Å². The minimum atomic E-state index is -0.402. The van der Waals surface area contributed by atoms with Gasteiger partial charge in [-0.1, -0.05) is 0 Å². The Labute approximate surface area is 99.2 Å². The van der Waals surface area contributed by atoms with Crippen molar-refractivity contribution < 1.29 is 9.18 Å². The predicted molar refractivity (Wildman–Crippen MR) is 63.7 cm³/mol. The highest BCUT2D eigenvalue weighted by Crippen LogP contribution is 2.13. The smallest absolute Gasteiger partial charge is 0.266 e. The number of carbonyl (C=O) groups is 1. The highest BCUT2D eigenvalue weighted by Gasteiger charge is 2.07. The molecule has 0 saturated carbocycles. The molecule has 2 aromatic rings. The first-order valence-corrected chi connectivity index (χ1v) is 6.12. The molecule has 1 N–H and O–H groups in total. The Morgan fingerprint density at radius 3 is 2.94 bits per heavy atom. The van der Waals surface area contributed by atoms with Crippen LogP contribution in [-0.2, 0) is 0 Å². The summed E-state index contributed by atoms with van der Waals surface area (Å²) in [5, 5.41) is 7.20. The summed E-state index contributed by atoms with van der Waals surface area (Å²) in [5.74, 6) is -0.402. The molecule has 0 aliphatic rings. The SMILES string of the molecule is O=C(NN=Cc1ccsc1)c1ccc(F)s1. The molecule has 2 heterocycles. The molecule has 0 radical (unpaired) electrons. The van der Waals surface area contributed by atoms with E-state index in [-0.39, 0.29) is 5.13 Å². The van der Waals surface area contributed by atoms with Crippen LogP contribution in [0.3, 0.4) is 0 Å². The average molecular weight is 254 g/mol. The van der Waals surface area contributed by atoms with Gasteiger partial charge in [-0.25, -0.2) is 5.43 Å². The van der Waals surface area contributed by atoms with Crippen LogP contribution < -0.4 is 5.43 Å². The molecular weight excluding hydrogens is 247 g/mol. The van der Waals surface area contributed by atoms with Crippen LogP contribution in [0.4, 0.5) is 4.39 Å². The largest absolute Gasteiger partial charge is 0.281 e. The van der Waals surface area contributed by atoms with Gasteiger partial charge < -0.3 is 0 Å². The van der Waals surface area contributed by atoms with E-state index in [4.69, 9.17) is 0 Å². The molecule has 0 unspecified atom stereocenters. The molecule has 3 nitrogen and oxygen atoms in total. The first-order valence-electron chi connectivity index (χ1n) is 4.36. The van der Waals surface area contributed by atoms with E-state index in [9.17, 15) is 9.18 Å². The zero-order valence-electron chi connectivity index (χ0n) is 8.01. The molecule has 82 valence electrons.